The molecule has 4 heteroatoms. The van der Waals surface area contributed by atoms with Crippen LogP contribution in [0.1, 0.15) is 0 Å². The molecule has 0 saturated heterocycles. The van der Waals surface area contributed by atoms with Crippen molar-refractivity contribution in [3.63, 3.8) is 0 Å². The molecule has 1 aromatic rings. The Kier molecular flexibility index (Phi) is 2.89. The second-order valence-corrected chi connectivity index (χ2v) is 3.70. The monoisotopic (exact) mass is 172 g/mol. The van der Waals surface area contributed by atoms with E-state index in [1.807, 2.05) is 0 Å². The zero-order chi connectivity index (χ0) is 7.56. The molecule has 0 N–H and O–H groups in total. The van der Waals surface area contributed by atoms with E-state index < -0.39 is 30.9 Å². The summed E-state index contributed by atoms with van der Waals surface area (Å²) >= 11 is -1.02. The molecule has 50 valence electrons. The minimum Gasteiger partial charge on any atom is -0.335 e. The summed E-state index contributed by atoms with van der Waals surface area (Å²) in [6.07, 6.45) is 0. The zero-order valence-electron chi connectivity index (χ0n) is 5.07. The molecule has 0 atom stereocenters. The van der Waals surface area contributed by atoms with Crippen LogP contribution < -0.4 is 3.69 Å². The van der Waals surface area contributed by atoms with Crippen LogP contribution in [0.25, 0.3) is 0 Å². The molecule has 0 aromatic heterocycles. The fraction of sp³-hybridized carbons (Fsp3) is 0. The Morgan fingerprint density at radius 3 is 2.50 bits per heavy atom. The van der Waals surface area contributed by atoms with E-state index in [1.165, 1.54) is 12.1 Å². The molecule has 0 unspecified atom stereocenters. The highest BCUT2D eigenvalue weighted by Crippen LogP contribution is 1.98. The topological polar surface area (TPSA) is 0 Å². The van der Waals surface area contributed by atoms with Crippen molar-refractivity contribution in [1.29, 1.82) is 0 Å². The van der Waals surface area contributed by atoms with E-state index in [1.54, 1.807) is 0 Å². The largest absolute Gasteiger partial charge is 0.542 e. The van der Waals surface area contributed by atoms with Crippen molar-refractivity contribution in [1.82, 2.24) is 0 Å². The van der Waals surface area contributed by atoms with Gasteiger partial charge in [0, 0.05) is 6.07 Å². The molecule has 0 aliphatic rings. The Bertz CT molecular complexity index is 239. The third-order valence-corrected chi connectivity index (χ3v) is 2.88. The van der Waals surface area contributed by atoms with Crippen molar-refractivity contribution in [2.24, 2.45) is 0 Å². The van der Waals surface area contributed by atoms with Gasteiger partial charge in [0.2, 0.25) is 0 Å². The Balaban J connectivity index is 3.07. The molecule has 0 saturated carbocycles. The fourth-order valence-corrected chi connectivity index (χ4v) is 1.72. The molecule has 10 heavy (non-hydrogen) atoms. The third-order valence-electron chi connectivity index (χ3n) is 1.16. The first-order chi connectivity index (χ1) is 4.74. The van der Waals surface area contributed by atoms with E-state index in [9.17, 15) is 8.78 Å². The van der Waals surface area contributed by atoms with E-state index in [0.717, 1.165) is 6.07 Å². The van der Waals surface area contributed by atoms with Gasteiger partial charge in [-0.05, 0) is 6.07 Å². The van der Waals surface area contributed by atoms with Crippen molar-refractivity contribution in [3.8, 4) is 0 Å². The lowest BCUT2D eigenvalue weighted by Crippen LogP contribution is -2.13. The van der Waals surface area contributed by atoms with Crippen LogP contribution in [0.3, 0.4) is 0 Å². The van der Waals surface area contributed by atoms with Crippen LogP contribution in [0.2, 0.25) is 0 Å². The number of hydrogen-bond donors (Lipinski definition) is 0. The van der Waals surface area contributed by atoms with Crippen LogP contribution in [-0.2, 0) is 0 Å². The smallest absolute Gasteiger partial charge is 0.335 e. The average molecular weight is 173 g/mol. The van der Waals surface area contributed by atoms with Gasteiger partial charge in [-0.2, -0.15) is 0 Å². The predicted molar refractivity (Wildman–Crippen MR) is 37.6 cm³/mol. The molecule has 0 spiro atoms. The van der Waals surface area contributed by atoms with Gasteiger partial charge >= 0.3 is 19.3 Å². The summed E-state index contributed by atoms with van der Waals surface area (Å²) < 4.78 is 25.2. The molecule has 0 nitrogen and oxygen atoms in total. The quantitative estimate of drug-likeness (QED) is 0.563. The number of benzene rings is 1. The minimum atomic E-state index is -1.02. The van der Waals surface area contributed by atoms with E-state index in [4.69, 9.17) is 9.07 Å². The van der Waals surface area contributed by atoms with Crippen LogP contribution >= 0.6 is 9.07 Å². The van der Waals surface area contributed by atoms with Crippen LogP contribution in [-0.4, -0.2) is 19.3 Å². The normalized spacial score (nSPS) is 9.10. The number of halogens is 3. The highest BCUT2D eigenvalue weighted by atomic mass is 35.5. The van der Waals surface area contributed by atoms with Crippen molar-refractivity contribution in [3.05, 3.63) is 29.8 Å². The average Bonchev–Trinajstić information content (AvgIpc) is 1.88. The van der Waals surface area contributed by atoms with Crippen molar-refractivity contribution in [2.75, 3.05) is 0 Å². The Hall–Kier alpha value is 0.136. The first-order valence-corrected chi connectivity index (χ1v) is 5.58. The van der Waals surface area contributed by atoms with Gasteiger partial charge in [-0.15, -0.1) is 3.69 Å². The van der Waals surface area contributed by atoms with Gasteiger partial charge in [-0.3, -0.25) is 0 Å². The van der Waals surface area contributed by atoms with Crippen molar-refractivity contribution in [2.45, 2.75) is 0 Å². The Labute approximate surface area is 70.7 Å². The van der Waals surface area contributed by atoms with Gasteiger partial charge in [0.25, 0.3) is 0 Å². The van der Waals surface area contributed by atoms with Crippen LogP contribution in [0.15, 0.2) is 18.2 Å². The molecule has 1 aromatic carbocycles. The lowest BCUT2D eigenvalue weighted by atomic mass is 10.3. The lowest BCUT2D eigenvalue weighted by molar-refractivity contribution is 0.588. The van der Waals surface area contributed by atoms with E-state index in [-0.39, 0.29) is 0 Å². The second-order valence-electron chi connectivity index (χ2n) is 1.87. The summed E-state index contributed by atoms with van der Waals surface area (Å²) in [5, 5.41) is 0. The van der Waals surface area contributed by atoms with Gasteiger partial charge in [0.05, 0.1) is 0 Å². The Morgan fingerprint density at radius 1 is 1.30 bits per heavy atom. The first-order valence-electron chi connectivity index (χ1n) is 2.74. The van der Waals surface area contributed by atoms with E-state index >= 15 is 0 Å². The first kappa shape index (κ1) is 8.23. The molecular weight excluding hydrogens is 170 g/mol. The third kappa shape index (κ3) is 1.81. The molecule has 0 amide bonds. The van der Waals surface area contributed by atoms with Crippen LogP contribution in [0, 0.1) is 11.6 Å². The SMILES string of the molecule is Fc1cc[c]([Mg][Cl])c(F)c1. The molecule has 0 aliphatic heterocycles. The van der Waals surface area contributed by atoms with E-state index in [0.29, 0.717) is 3.69 Å². The molecular formula is C6H3ClF2Mg. The molecule has 0 bridgehead atoms. The summed E-state index contributed by atoms with van der Waals surface area (Å²) in [5.41, 5.74) is 0. The Morgan fingerprint density at radius 2 is 2.00 bits per heavy atom. The summed E-state index contributed by atoms with van der Waals surface area (Å²) in [5.74, 6) is -1.08. The lowest BCUT2D eigenvalue weighted by Gasteiger charge is -1.95. The zero-order valence-corrected chi connectivity index (χ0v) is 7.24. The summed E-state index contributed by atoms with van der Waals surface area (Å²) in [6.45, 7) is 0. The fourth-order valence-electron chi connectivity index (χ4n) is 0.630. The number of rotatable bonds is 1. The van der Waals surface area contributed by atoms with Crippen LogP contribution in [0.4, 0.5) is 8.78 Å². The maximum Gasteiger partial charge on any atom is 0.542 e. The molecule has 0 aliphatic carbocycles. The van der Waals surface area contributed by atoms with Crippen molar-refractivity contribution >= 4 is 32.0 Å². The molecule has 1 rings (SSSR count). The molecule has 0 heterocycles. The van der Waals surface area contributed by atoms with Crippen molar-refractivity contribution < 1.29 is 8.78 Å². The number of hydrogen-bond acceptors (Lipinski definition) is 0. The molecule has 0 fully saturated rings. The highest BCUT2D eigenvalue weighted by molar-refractivity contribution is 7.01. The summed E-state index contributed by atoms with van der Waals surface area (Å²) in [7, 11) is 5.46. The standard InChI is InChI=1S/C6H3F2.ClH.Mg/c7-5-2-1-3-6(8)4-5;;/h1-2,4H;1H;/q;;+1/p-1. The van der Waals surface area contributed by atoms with Gasteiger partial charge < -0.3 is 9.07 Å². The van der Waals surface area contributed by atoms with Gasteiger partial charge in [0.1, 0.15) is 11.6 Å². The predicted octanol–water partition coefficient (Wildman–Crippen LogP) is 1.45. The maximum absolute atomic E-state index is 12.6. The summed E-state index contributed by atoms with van der Waals surface area (Å²) in [6, 6.07) is 3.46. The highest BCUT2D eigenvalue weighted by Gasteiger charge is 2.03. The molecule has 0 radical (unpaired) electrons. The summed E-state index contributed by atoms with van der Waals surface area (Å²) in [4.78, 5) is 0. The van der Waals surface area contributed by atoms with E-state index in [2.05, 4.69) is 0 Å². The second kappa shape index (κ2) is 3.50. The van der Waals surface area contributed by atoms with Gasteiger partial charge in [-0.1, -0.05) is 6.07 Å². The van der Waals surface area contributed by atoms with Gasteiger partial charge in [-0.25, -0.2) is 8.78 Å². The maximum atomic E-state index is 12.6. The van der Waals surface area contributed by atoms with Gasteiger partial charge in [0.15, 0.2) is 0 Å². The van der Waals surface area contributed by atoms with Crippen LogP contribution in [0.5, 0.6) is 0 Å². The minimum absolute atomic E-state index is 0.461.